The molecule has 30 heavy (non-hydrogen) atoms. The van der Waals surface area contributed by atoms with Crippen molar-refractivity contribution in [1.82, 2.24) is 0 Å². The van der Waals surface area contributed by atoms with Crippen LogP contribution < -0.4 is 10.5 Å². The summed E-state index contributed by atoms with van der Waals surface area (Å²) >= 11 is 0. The van der Waals surface area contributed by atoms with Crippen molar-refractivity contribution in [1.29, 1.82) is 0 Å². The van der Waals surface area contributed by atoms with Crippen LogP contribution in [-0.2, 0) is 0 Å². The summed E-state index contributed by atoms with van der Waals surface area (Å²) in [4.78, 5) is 0. The van der Waals surface area contributed by atoms with Gasteiger partial charge in [0.15, 0.2) is 0 Å². The highest BCUT2D eigenvalue weighted by molar-refractivity contribution is 5.74. The summed E-state index contributed by atoms with van der Waals surface area (Å²) in [6.45, 7) is 4.03. The number of hydrogen-bond donors (Lipinski definition) is 1. The number of nitrogen functional groups attached to an aromatic ring is 1. The third-order valence-corrected chi connectivity index (χ3v) is 4.63. The third-order valence-electron chi connectivity index (χ3n) is 4.63. The predicted molar refractivity (Wildman–Crippen MR) is 131 cm³/mol. The molecule has 0 heterocycles. The number of benzene rings is 3. The fourth-order valence-corrected chi connectivity index (χ4v) is 3.06. The first-order valence-corrected chi connectivity index (χ1v) is 10.1. The van der Waals surface area contributed by atoms with Gasteiger partial charge in [-0.3, -0.25) is 0 Å². The third kappa shape index (κ3) is 5.62. The first-order valence-electron chi connectivity index (χ1n) is 10.1. The zero-order valence-electron chi connectivity index (χ0n) is 17.5. The minimum atomic E-state index is 0.619. The summed E-state index contributed by atoms with van der Waals surface area (Å²) in [5, 5.41) is 0. The van der Waals surface area contributed by atoms with Crippen molar-refractivity contribution in [2.75, 3.05) is 5.73 Å². The molecule has 0 bridgehead atoms. The molecule has 0 amide bonds. The van der Waals surface area contributed by atoms with Crippen molar-refractivity contribution in [3.8, 4) is 16.9 Å². The molecule has 3 aromatic rings. The van der Waals surface area contributed by atoms with E-state index < -0.39 is 0 Å². The molecule has 3 aromatic carbocycles. The van der Waals surface area contributed by atoms with Gasteiger partial charge in [0.05, 0.1) is 11.9 Å². The molecule has 0 unspecified atom stereocenters. The Kier molecular flexibility index (Phi) is 7.45. The SMILES string of the molecule is C/C=C\C=C/c1ccc(-c2ccc(/C=C/C)c(/C=C\Oc3ccccc3N)c2)cc1. The number of para-hydroxylation sites is 2. The van der Waals surface area contributed by atoms with Gasteiger partial charge in [0.1, 0.15) is 5.75 Å². The molecule has 0 aromatic heterocycles. The van der Waals surface area contributed by atoms with Crippen molar-refractivity contribution in [2.45, 2.75) is 13.8 Å². The van der Waals surface area contributed by atoms with Crippen molar-refractivity contribution in [3.63, 3.8) is 0 Å². The number of hydrogen-bond acceptors (Lipinski definition) is 2. The molecular formula is C28H27NO. The predicted octanol–water partition coefficient (Wildman–Crippen LogP) is 7.61. The molecule has 0 atom stereocenters. The molecule has 3 rings (SSSR count). The van der Waals surface area contributed by atoms with E-state index in [-0.39, 0.29) is 0 Å². The van der Waals surface area contributed by atoms with Crippen LogP contribution in [0.1, 0.15) is 30.5 Å². The Morgan fingerprint density at radius 2 is 1.47 bits per heavy atom. The van der Waals surface area contributed by atoms with E-state index in [1.165, 1.54) is 11.1 Å². The van der Waals surface area contributed by atoms with Crippen LogP contribution in [0.5, 0.6) is 5.75 Å². The van der Waals surface area contributed by atoms with E-state index in [1.54, 1.807) is 6.26 Å². The lowest BCUT2D eigenvalue weighted by Crippen LogP contribution is -1.91. The van der Waals surface area contributed by atoms with Crippen LogP contribution in [0.15, 0.2) is 97.3 Å². The largest absolute Gasteiger partial charge is 0.463 e. The number of anilines is 1. The topological polar surface area (TPSA) is 35.2 Å². The Balaban J connectivity index is 1.85. The fourth-order valence-electron chi connectivity index (χ4n) is 3.06. The average Bonchev–Trinajstić information content (AvgIpc) is 2.77. The van der Waals surface area contributed by atoms with Crippen LogP contribution >= 0.6 is 0 Å². The highest BCUT2D eigenvalue weighted by atomic mass is 16.5. The molecule has 0 aliphatic heterocycles. The second-order valence-corrected chi connectivity index (χ2v) is 6.81. The van der Waals surface area contributed by atoms with Gasteiger partial charge in [-0.2, -0.15) is 0 Å². The zero-order valence-corrected chi connectivity index (χ0v) is 17.5. The van der Waals surface area contributed by atoms with E-state index in [9.17, 15) is 0 Å². The molecule has 0 aliphatic carbocycles. The van der Waals surface area contributed by atoms with E-state index in [1.807, 2.05) is 68.5 Å². The standard InChI is InChI=1S/C28H27NO/c1-3-5-6-10-22-13-15-24(16-14-22)25-18-17-23(9-4-2)26(21-25)19-20-30-28-12-8-7-11-27(28)29/h3-21H,29H2,1-2H3/b5-3-,9-4+,10-6-,20-19-. The van der Waals surface area contributed by atoms with Crippen molar-refractivity contribution >= 4 is 23.9 Å². The van der Waals surface area contributed by atoms with Crippen LogP contribution in [0.2, 0.25) is 0 Å². The Hall–Kier alpha value is -3.78. The van der Waals surface area contributed by atoms with Gasteiger partial charge in [-0.25, -0.2) is 0 Å². The van der Waals surface area contributed by atoms with Crippen LogP contribution in [0.25, 0.3) is 29.4 Å². The van der Waals surface area contributed by atoms with E-state index in [0.29, 0.717) is 11.4 Å². The summed E-state index contributed by atoms with van der Waals surface area (Å²) < 4.78 is 5.74. The summed E-state index contributed by atoms with van der Waals surface area (Å²) in [6, 6.07) is 22.5. The summed E-state index contributed by atoms with van der Waals surface area (Å²) in [7, 11) is 0. The van der Waals surface area contributed by atoms with E-state index in [0.717, 1.165) is 16.7 Å². The smallest absolute Gasteiger partial charge is 0.149 e. The average molecular weight is 394 g/mol. The number of ether oxygens (including phenoxy) is 1. The Labute approximate surface area is 179 Å². The highest BCUT2D eigenvalue weighted by Gasteiger charge is 2.03. The van der Waals surface area contributed by atoms with Gasteiger partial charge >= 0.3 is 0 Å². The molecular weight excluding hydrogens is 366 g/mol. The van der Waals surface area contributed by atoms with Gasteiger partial charge in [-0.1, -0.05) is 85.0 Å². The maximum atomic E-state index is 5.95. The van der Waals surface area contributed by atoms with Crippen LogP contribution in [0.3, 0.4) is 0 Å². The van der Waals surface area contributed by atoms with Gasteiger partial charge in [-0.15, -0.1) is 0 Å². The number of rotatable bonds is 7. The minimum absolute atomic E-state index is 0.619. The van der Waals surface area contributed by atoms with Crippen LogP contribution in [-0.4, -0.2) is 0 Å². The fraction of sp³-hybridized carbons (Fsp3) is 0.0714. The Morgan fingerprint density at radius 3 is 2.20 bits per heavy atom. The van der Waals surface area contributed by atoms with Gasteiger partial charge in [0.25, 0.3) is 0 Å². The van der Waals surface area contributed by atoms with Crippen LogP contribution in [0.4, 0.5) is 5.69 Å². The van der Waals surface area contributed by atoms with Crippen molar-refractivity contribution < 1.29 is 4.74 Å². The molecule has 2 heteroatoms. The van der Waals surface area contributed by atoms with Crippen LogP contribution in [0, 0.1) is 0 Å². The lowest BCUT2D eigenvalue weighted by atomic mass is 9.98. The lowest BCUT2D eigenvalue weighted by Gasteiger charge is -2.08. The Bertz CT molecular complexity index is 1090. The number of allylic oxidation sites excluding steroid dienone is 4. The van der Waals surface area contributed by atoms with Gasteiger partial charge in [0.2, 0.25) is 0 Å². The van der Waals surface area contributed by atoms with Crippen molar-refractivity contribution in [3.05, 3.63) is 114 Å². The van der Waals surface area contributed by atoms with E-state index in [2.05, 4.69) is 54.6 Å². The first-order chi connectivity index (χ1) is 14.7. The van der Waals surface area contributed by atoms with E-state index in [4.69, 9.17) is 10.5 Å². The van der Waals surface area contributed by atoms with E-state index >= 15 is 0 Å². The molecule has 0 spiro atoms. The minimum Gasteiger partial charge on any atom is -0.463 e. The maximum absolute atomic E-state index is 5.95. The zero-order chi connectivity index (χ0) is 21.2. The molecule has 2 N–H and O–H groups in total. The second-order valence-electron chi connectivity index (χ2n) is 6.81. The second kappa shape index (κ2) is 10.7. The molecule has 2 nitrogen and oxygen atoms in total. The van der Waals surface area contributed by atoms with Gasteiger partial charge in [0, 0.05) is 0 Å². The lowest BCUT2D eigenvalue weighted by molar-refractivity contribution is 0.487. The summed E-state index contributed by atoms with van der Waals surface area (Å²) in [6.07, 6.45) is 16.0. The maximum Gasteiger partial charge on any atom is 0.149 e. The molecule has 150 valence electrons. The molecule has 0 saturated heterocycles. The normalized spacial score (nSPS) is 11.9. The molecule has 0 saturated carbocycles. The number of nitrogens with two attached hydrogens (primary N) is 1. The monoisotopic (exact) mass is 393 g/mol. The quantitative estimate of drug-likeness (QED) is 0.255. The Morgan fingerprint density at radius 1 is 0.700 bits per heavy atom. The van der Waals surface area contributed by atoms with Gasteiger partial charge in [-0.05, 0) is 65.9 Å². The summed E-state index contributed by atoms with van der Waals surface area (Å²) in [5.41, 5.74) is 12.3. The summed E-state index contributed by atoms with van der Waals surface area (Å²) in [5.74, 6) is 0.652. The highest BCUT2D eigenvalue weighted by Crippen LogP contribution is 2.26. The van der Waals surface area contributed by atoms with Crippen molar-refractivity contribution in [2.24, 2.45) is 0 Å². The van der Waals surface area contributed by atoms with Gasteiger partial charge < -0.3 is 10.5 Å². The molecule has 0 fully saturated rings. The molecule has 0 aliphatic rings. The first kappa shape index (κ1) is 20.9. The molecule has 0 radical (unpaired) electrons.